The minimum Gasteiger partial charge on any atom is -0.449 e. The van der Waals surface area contributed by atoms with Crippen LogP contribution in [0.5, 0.6) is 0 Å². The molecule has 3 atom stereocenters. The number of aryl methyl sites for hydroxylation is 1. The van der Waals surface area contributed by atoms with E-state index in [4.69, 9.17) is 25.8 Å². The summed E-state index contributed by atoms with van der Waals surface area (Å²) in [5.41, 5.74) is 6.31. The van der Waals surface area contributed by atoms with Gasteiger partial charge in [-0.05, 0) is 68.1 Å². The first-order chi connectivity index (χ1) is 32.8. The molecule has 0 fully saturated rings. The average molecular weight is 979 g/mol. The Balaban J connectivity index is 1.05. The van der Waals surface area contributed by atoms with Crippen LogP contribution in [0.1, 0.15) is 92.2 Å². The van der Waals surface area contributed by atoms with E-state index in [0.717, 1.165) is 51.9 Å². The Hall–Kier alpha value is -5.11. The number of hydrogen-bond acceptors (Lipinski definition) is 10. The largest absolute Gasteiger partial charge is 0.449 e. The van der Waals surface area contributed by atoms with Gasteiger partial charge < -0.3 is 30.2 Å². The summed E-state index contributed by atoms with van der Waals surface area (Å²) in [6.45, 7) is 9.53. The molecular formula is C55H64ClN3O7S2. The lowest BCUT2D eigenvalue weighted by Gasteiger charge is -2.36. The highest BCUT2D eigenvalue weighted by atomic mass is 35.5. The quantitative estimate of drug-likeness (QED) is 0.0225. The molecule has 1 unspecified atom stereocenters. The second-order valence-electron chi connectivity index (χ2n) is 18.0. The number of carbonyl (C=O) groups excluding carboxylic acids is 4. The summed E-state index contributed by atoms with van der Waals surface area (Å²) in [6.07, 6.45) is 1.14. The molecule has 3 N–H and O–H groups in total. The number of nitrogens with one attached hydrogen (secondary N) is 3. The molecule has 0 heterocycles. The Morgan fingerprint density at radius 3 is 2.04 bits per heavy atom. The number of unbranched alkanes of at least 4 members (excludes halogenated alkanes) is 1. The second-order valence-corrected chi connectivity index (χ2v) is 21.6. The molecule has 2 amide bonds. The highest BCUT2D eigenvalue weighted by Gasteiger charge is 2.42. The number of fused-ring (bicyclic) bond motifs is 3. The van der Waals surface area contributed by atoms with Crippen LogP contribution in [0.2, 0.25) is 5.02 Å². The highest BCUT2D eigenvalue weighted by Crippen LogP contribution is 2.45. The third-order valence-corrected chi connectivity index (χ3v) is 15.5. The fourth-order valence-corrected chi connectivity index (χ4v) is 11.3. The first kappa shape index (κ1) is 52.3. The van der Waals surface area contributed by atoms with Gasteiger partial charge in [0, 0.05) is 51.1 Å². The van der Waals surface area contributed by atoms with Crippen molar-refractivity contribution < 1.29 is 33.4 Å². The van der Waals surface area contributed by atoms with Crippen molar-refractivity contribution in [1.82, 2.24) is 16.0 Å². The van der Waals surface area contributed by atoms with E-state index in [2.05, 4.69) is 61.0 Å². The summed E-state index contributed by atoms with van der Waals surface area (Å²) in [7, 11) is 5.06. The molecule has 6 rings (SSSR count). The van der Waals surface area contributed by atoms with Crippen molar-refractivity contribution >= 4 is 56.9 Å². The minimum absolute atomic E-state index is 0.0484. The summed E-state index contributed by atoms with van der Waals surface area (Å²) in [5, 5.41) is 9.42. The Labute approximate surface area is 414 Å². The Kier molecular flexibility index (Phi) is 19.6. The number of amides is 2. The maximum atomic E-state index is 14.1. The van der Waals surface area contributed by atoms with Gasteiger partial charge in [0.2, 0.25) is 5.91 Å². The van der Waals surface area contributed by atoms with E-state index >= 15 is 0 Å². The summed E-state index contributed by atoms with van der Waals surface area (Å²) in [5.74, 6) is -1.41. The number of carbonyl (C=O) groups is 4. The smallest absolute Gasteiger partial charge is 0.407 e. The molecule has 10 nitrogen and oxygen atoms in total. The van der Waals surface area contributed by atoms with Crippen LogP contribution in [-0.2, 0) is 34.2 Å². The maximum absolute atomic E-state index is 14.1. The van der Waals surface area contributed by atoms with Crippen LogP contribution in [0.3, 0.4) is 0 Å². The van der Waals surface area contributed by atoms with Gasteiger partial charge in [-0.15, -0.1) is 0 Å². The fourth-order valence-electron chi connectivity index (χ4n) is 8.38. The number of esters is 1. The zero-order valence-corrected chi connectivity index (χ0v) is 42.1. The number of Topliss-reactive ketones (excluding diaryl/α,β-unsaturated/α-hetero) is 1. The molecule has 0 radical (unpaired) electrons. The monoisotopic (exact) mass is 977 g/mol. The molecule has 68 heavy (non-hydrogen) atoms. The number of alkyl carbamates (subject to hydrolysis) is 1. The van der Waals surface area contributed by atoms with E-state index in [9.17, 15) is 19.2 Å². The second kappa shape index (κ2) is 25.5. The number of halogens is 1. The molecular weight excluding hydrogens is 914 g/mol. The van der Waals surface area contributed by atoms with Gasteiger partial charge >= 0.3 is 12.1 Å². The van der Waals surface area contributed by atoms with Gasteiger partial charge in [-0.25, -0.2) is 4.79 Å². The normalized spacial score (nSPS) is 13.9. The molecule has 0 saturated carbocycles. The SMILES string of the molecule is CNCCCC[C@H](NC(=O)OCC1c2ccccc2-c2ccccc21)C(=O)C[C@@H](CSSC(C)(C)C)C(=O)NCCOCCC(=O)OC(c1ccccc1)(c1ccc(C)cc1)c1ccccc1Cl. The molecule has 1 aliphatic carbocycles. The van der Waals surface area contributed by atoms with Crippen molar-refractivity contribution in [3.8, 4) is 11.1 Å². The molecule has 0 bridgehead atoms. The highest BCUT2D eigenvalue weighted by molar-refractivity contribution is 8.77. The third kappa shape index (κ3) is 14.2. The molecule has 0 aromatic heterocycles. The molecule has 0 spiro atoms. The summed E-state index contributed by atoms with van der Waals surface area (Å²) in [6, 6.07) is 40.2. The van der Waals surface area contributed by atoms with E-state index in [1.807, 2.05) is 111 Å². The zero-order valence-electron chi connectivity index (χ0n) is 39.7. The van der Waals surface area contributed by atoms with E-state index < -0.39 is 29.6 Å². The van der Waals surface area contributed by atoms with Crippen molar-refractivity contribution in [3.05, 3.63) is 166 Å². The lowest BCUT2D eigenvalue weighted by Crippen LogP contribution is -2.44. The van der Waals surface area contributed by atoms with Crippen LogP contribution in [0.4, 0.5) is 4.79 Å². The predicted octanol–water partition coefficient (Wildman–Crippen LogP) is 11.1. The maximum Gasteiger partial charge on any atom is 0.407 e. The molecule has 360 valence electrons. The molecule has 13 heteroatoms. The number of rotatable bonds is 25. The first-order valence-corrected chi connectivity index (χ1v) is 26.0. The van der Waals surface area contributed by atoms with Crippen molar-refractivity contribution in [2.24, 2.45) is 5.92 Å². The Morgan fingerprint density at radius 2 is 1.38 bits per heavy atom. The van der Waals surface area contributed by atoms with Gasteiger partial charge in [0.15, 0.2) is 11.4 Å². The van der Waals surface area contributed by atoms with Crippen LogP contribution >= 0.6 is 33.2 Å². The van der Waals surface area contributed by atoms with Gasteiger partial charge in [-0.1, -0.05) is 181 Å². The Morgan fingerprint density at radius 1 is 0.750 bits per heavy atom. The molecule has 5 aromatic carbocycles. The van der Waals surface area contributed by atoms with Gasteiger partial charge in [-0.3, -0.25) is 14.4 Å². The molecule has 5 aromatic rings. The van der Waals surface area contributed by atoms with Crippen LogP contribution in [0, 0.1) is 12.8 Å². The molecule has 0 saturated heterocycles. The van der Waals surface area contributed by atoms with Crippen molar-refractivity contribution in [2.75, 3.05) is 45.7 Å². The third-order valence-electron chi connectivity index (χ3n) is 11.7. The van der Waals surface area contributed by atoms with Gasteiger partial charge in [-0.2, -0.15) is 0 Å². The number of ketones is 1. The van der Waals surface area contributed by atoms with E-state index in [1.165, 1.54) is 0 Å². The van der Waals surface area contributed by atoms with Crippen LogP contribution in [0.25, 0.3) is 11.1 Å². The van der Waals surface area contributed by atoms with E-state index in [-0.39, 0.29) is 61.6 Å². The Bertz CT molecular complexity index is 2400. The lowest BCUT2D eigenvalue weighted by molar-refractivity contribution is -0.154. The standard InChI is InChI=1S/C55H64ClN3O7S2/c1-38-26-28-41(29-27-38)55(40-17-7-6-8-18-40,47-23-13-14-24-48(47)56)66-51(61)30-33-64-34-32-58-52(62)39(37-67-68-54(2,3)4)35-50(60)49(25-15-16-31-57-5)59-53(63)65-36-46-44-21-11-9-19-42(44)43-20-10-12-22-45(43)46/h6-14,17-24,26-29,39,46,49,57H,15-16,25,30-37H2,1-5H3,(H,58,62)(H,59,63)/t39-,49-,55?/m0/s1. The van der Waals surface area contributed by atoms with Crippen LogP contribution in [0.15, 0.2) is 127 Å². The van der Waals surface area contributed by atoms with Gasteiger partial charge in [0.1, 0.15) is 6.61 Å². The predicted molar refractivity (Wildman–Crippen MR) is 276 cm³/mol. The van der Waals surface area contributed by atoms with Gasteiger partial charge in [0.05, 0.1) is 31.6 Å². The van der Waals surface area contributed by atoms with E-state index in [1.54, 1.807) is 27.7 Å². The molecule has 1 aliphatic rings. The summed E-state index contributed by atoms with van der Waals surface area (Å²) >= 11 is 6.84. The molecule has 0 aliphatic heterocycles. The lowest BCUT2D eigenvalue weighted by atomic mass is 9.79. The number of hydrogen-bond donors (Lipinski definition) is 3. The average Bonchev–Trinajstić information content (AvgIpc) is 3.65. The van der Waals surface area contributed by atoms with Crippen LogP contribution in [-0.4, -0.2) is 80.3 Å². The number of benzene rings is 5. The summed E-state index contributed by atoms with van der Waals surface area (Å²) in [4.78, 5) is 55.2. The number of ether oxygens (including phenoxy) is 3. The zero-order chi connectivity index (χ0) is 48.5. The van der Waals surface area contributed by atoms with Crippen molar-refractivity contribution in [1.29, 1.82) is 0 Å². The first-order valence-electron chi connectivity index (χ1n) is 23.3. The topological polar surface area (TPSA) is 132 Å². The van der Waals surface area contributed by atoms with E-state index in [0.29, 0.717) is 29.2 Å². The summed E-state index contributed by atoms with van der Waals surface area (Å²) < 4.78 is 18.1. The van der Waals surface area contributed by atoms with Crippen LogP contribution < -0.4 is 16.0 Å². The van der Waals surface area contributed by atoms with Crippen molar-refractivity contribution in [2.45, 2.75) is 82.1 Å². The minimum atomic E-state index is -1.33. The van der Waals surface area contributed by atoms with Gasteiger partial charge in [0.25, 0.3) is 0 Å². The fraction of sp³-hybridized carbons (Fsp3) is 0.382. The van der Waals surface area contributed by atoms with Crippen molar-refractivity contribution in [3.63, 3.8) is 0 Å².